The number of nitrogens with zero attached hydrogens (tertiary/aromatic N) is 2. The van der Waals surface area contributed by atoms with E-state index in [1.807, 2.05) is 10.6 Å². The first kappa shape index (κ1) is 12.8. The van der Waals surface area contributed by atoms with Crippen LogP contribution in [-0.2, 0) is 6.42 Å². The fourth-order valence-electron chi connectivity index (χ4n) is 3.94. The largest absolute Gasteiger partial charge is 0.291 e. The zero-order chi connectivity index (χ0) is 14.4. The highest BCUT2D eigenvalue weighted by molar-refractivity contribution is 5.97. The maximum absolute atomic E-state index is 12.4. The predicted octanol–water partition coefficient (Wildman–Crippen LogP) is 3.55. The van der Waals surface area contributed by atoms with E-state index in [-0.39, 0.29) is 5.91 Å². The molecule has 0 aliphatic carbocycles. The molecule has 3 heterocycles. The average Bonchev–Trinajstić information content (AvgIpc) is 2.86. The van der Waals surface area contributed by atoms with Gasteiger partial charge >= 0.3 is 0 Å². The normalized spacial score (nSPS) is 22.1. The highest BCUT2D eigenvalue weighted by Crippen LogP contribution is 2.41. The molecule has 3 nitrogen and oxygen atoms in total. The summed E-state index contributed by atoms with van der Waals surface area (Å²) in [6, 6.07) is 8.77. The van der Waals surface area contributed by atoms with Crippen molar-refractivity contribution in [3.63, 3.8) is 0 Å². The van der Waals surface area contributed by atoms with Crippen molar-refractivity contribution in [2.75, 3.05) is 13.1 Å². The Morgan fingerprint density at radius 3 is 3.00 bits per heavy atom. The molecule has 3 heteroatoms. The molecule has 0 saturated carbocycles. The molecule has 2 aliphatic heterocycles. The number of allylic oxidation sites excluding steroid dienone is 1. The smallest absolute Gasteiger partial charge is 0.231 e. The van der Waals surface area contributed by atoms with E-state index in [0.717, 1.165) is 31.4 Å². The summed E-state index contributed by atoms with van der Waals surface area (Å²) in [6.45, 7) is 4.14. The lowest BCUT2D eigenvalue weighted by atomic mass is 9.92. The lowest BCUT2D eigenvalue weighted by Crippen LogP contribution is -2.40. The van der Waals surface area contributed by atoms with E-state index in [9.17, 15) is 4.79 Å². The first-order valence-corrected chi connectivity index (χ1v) is 7.82. The SMILES string of the molecule is C/C=C/CN1CCc2c3n(c4ccccc24)C(=O)CCC31. The summed E-state index contributed by atoms with van der Waals surface area (Å²) in [5.74, 6) is 0.261. The second-order valence-corrected chi connectivity index (χ2v) is 5.98. The molecule has 1 unspecified atom stereocenters. The summed E-state index contributed by atoms with van der Waals surface area (Å²) in [5, 5.41) is 1.28. The van der Waals surface area contributed by atoms with E-state index < -0.39 is 0 Å². The van der Waals surface area contributed by atoms with Crippen LogP contribution in [0.25, 0.3) is 10.9 Å². The maximum atomic E-state index is 12.4. The highest BCUT2D eigenvalue weighted by atomic mass is 16.2. The lowest BCUT2D eigenvalue weighted by Gasteiger charge is -2.38. The number of carbonyl (C=O) groups is 1. The summed E-state index contributed by atoms with van der Waals surface area (Å²) in [7, 11) is 0. The third kappa shape index (κ3) is 1.80. The van der Waals surface area contributed by atoms with Crippen LogP contribution in [0.15, 0.2) is 36.4 Å². The number of fused-ring (bicyclic) bond motifs is 3. The van der Waals surface area contributed by atoms with E-state index in [2.05, 4.69) is 42.2 Å². The first-order chi connectivity index (χ1) is 10.3. The minimum Gasteiger partial charge on any atom is -0.291 e. The molecule has 2 aliphatic rings. The first-order valence-electron chi connectivity index (χ1n) is 7.82. The number of carbonyl (C=O) groups excluding carboxylic acids is 1. The predicted molar refractivity (Wildman–Crippen MR) is 84.6 cm³/mol. The van der Waals surface area contributed by atoms with Gasteiger partial charge in [-0.25, -0.2) is 0 Å². The van der Waals surface area contributed by atoms with Crippen LogP contribution in [0.4, 0.5) is 0 Å². The molecule has 4 rings (SSSR count). The fourth-order valence-corrected chi connectivity index (χ4v) is 3.94. The maximum Gasteiger partial charge on any atom is 0.231 e. The van der Waals surface area contributed by atoms with Gasteiger partial charge in [-0.05, 0) is 31.4 Å². The van der Waals surface area contributed by atoms with Crippen LogP contribution in [0, 0.1) is 0 Å². The van der Waals surface area contributed by atoms with Crippen LogP contribution in [0.1, 0.15) is 41.9 Å². The van der Waals surface area contributed by atoms with E-state index in [1.165, 1.54) is 16.6 Å². The van der Waals surface area contributed by atoms with Crippen molar-refractivity contribution >= 4 is 16.8 Å². The highest BCUT2D eigenvalue weighted by Gasteiger charge is 2.37. The van der Waals surface area contributed by atoms with Gasteiger partial charge in [-0.2, -0.15) is 0 Å². The fraction of sp³-hybridized carbons (Fsp3) is 0.389. The Hall–Kier alpha value is -1.87. The van der Waals surface area contributed by atoms with Gasteiger partial charge in [0.25, 0.3) is 0 Å². The Kier molecular flexibility index (Phi) is 2.96. The second-order valence-electron chi connectivity index (χ2n) is 5.98. The molecule has 2 aromatic rings. The molecular weight excluding hydrogens is 260 g/mol. The molecule has 108 valence electrons. The molecule has 1 aromatic heterocycles. The van der Waals surface area contributed by atoms with Crippen molar-refractivity contribution in [2.45, 2.75) is 32.2 Å². The van der Waals surface area contributed by atoms with Crippen molar-refractivity contribution < 1.29 is 4.79 Å². The molecule has 21 heavy (non-hydrogen) atoms. The summed E-state index contributed by atoms with van der Waals surface area (Å²) in [4.78, 5) is 15.0. The van der Waals surface area contributed by atoms with Gasteiger partial charge in [-0.15, -0.1) is 0 Å². The summed E-state index contributed by atoms with van der Waals surface area (Å²) < 4.78 is 2.00. The van der Waals surface area contributed by atoms with Gasteiger partial charge in [-0.3, -0.25) is 14.3 Å². The molecule has 0 bridgehead atoms. The van der Waals surface area contributed by atoms with Gasteiger partial charge < -0.3 is 0 Å². The second kappa shape index (κ2) is 4.85. The Balaban J connectivity index is 1.92. The van der Waals surface area contributed by atoms with Crippen LogP contribution < -0.4 is 0 Å². The number of rotatable bonds is 2. The molecule has 0 spiro atoms. The zero-order valence-corrected chi connectivity index (χ0v) is 12.4. The molecule has 1 aromatic carbocycles. The van der Waals surface area contributed by atoms with Crippen molar-refractivity contribution in [1.82, 2.24) is 9.47 Å². The third-order valence-corrected chi connectivity index (χ3v) is 4.88. The van der Waals surface area contributed by atoms with E-state index in [0.29, 0.717) is 12.5 Å². The van der Waals surface area contributed by atoms with Gasteiger partial charge in [0.1, 0.15) is 0 Å². The quantitative estimate of drug-likeness (QED) is 0.786. The molecular formula is C18H20N2O. The Bertz CT molecular complexity index is 741. The molecule has 0 radical (unpaired) electrons. The standard InChI is InChI=1S/C18H20N2O/c1-2-3-11-19-12-10-14-13-6-4-5-7-15(13)20-17(21)9-8-16(19)18(14)20/h2-7,16H,8-12H2,1H3/b3-2+. The minimum atomic E-state index is 0.261. The van der Waals surface area contributed by atoms with Crippen LogP contribution >= 0.6 is 0 Å². The number of benzene rings is 1. The summed E-state index contributed by atoms with van der Waals surface area (Å²) in [5.41, 5.74) is 3.77. The van der Waals surface area contributed by atoms with Crippen LogP contribution in [0.5, 0.6) is 0 Å². The van der Waals surface area contributed by atoms with Crippen molar-refractivity contribution in [3.05, 3.63) is 47.7 Å². The van der Waals surface area contributed by atoms with Crippen molar-refractivity contribution in [1.29, 1.82) is 0 Å². The van der Waals surface area contributed by atoms with Gasteiger partial charge in [-0.1, -0.05) is 30.4 Å². The lowest BCUT2D eigenvalue weighted by molar-refractivity contribution is 0.0822. The van der Waals surface area contributed by atoms with Crippen LogP contribution in [0.2, 0.25) is 0 Å². The Labute approximate surface area is 124 Å². The number of hydrogen-bond acceptors (Lipinski definition) is 2. The van der Waals surface area contributed by atoms with Crippen molar-refractivity contribution in [3.8, 4) is 0 Å². The van der Waals surface area contributed by atoms with Crippen LogP contribution in [0.3, 0.4) is 0 Å². The molecule has 0 saturated heterocycles. The average molecular weight is 280 g/mol. The molecule has 0 fully saturated rings. The van der Waals surface area contributed by atoms with E-state index in [1.54, 1.807) is 0 Å². The topological polar surface area (TPSA) is 25.2 Å². The minimum absolute atomic E-state index is 0.261. The van der Waals surface area contributed by atoms with Crippen molar-refractivity contribution in [2.24, 2.45) is 0 Å². The number of hydrogen-bond donors (Lipinski definition) is 0. The zero-order valence-electron chi connectivity index (χ0n) is 12.4. The van der Waals surface area contributed by atoms with Gasteiger partial charge in [0.05, 0.1) is 11.6 Å². The van der Waals surface area contributed by atoms with E-state index >= 15 is 0 Å². The van der Waals surface area contributed by atoms with Gasteiger partial charge in [0.15, 0.2) is 0 Å². The van der Waals surface area contributed by atoms with Crippen LogP contribution in [-0.4, -0.2) is 28.5 Å². The summed E-state index contributed by atoms with van der Waals surface area (Å²) in [6.07, 6.45) is 6.99. The van der Waals surface area contributed by atoms with E-state index in [4.69, 9.17) is 0 Å². The third-order valence-electron chi connectivity index (χ3n) is 4.88. The molecule has 0 N–H and O–H groups in total. The Morgan fingerprint density at radius 2 is 2.14 bits per heavy atom. The van der Waals surface area contributed by atoms with Gasteiger partial charge in [0.2, 0.25) is 5.91 Å². The molecule has 1 atom stereocenters. The number of aromatic nitrogens is 1. The Morgan fingerprint density at radius 1 is 1.29 bits per heavy atom. The number of para-hydroxylation sites is 1. The monoisotopic (exact) mass is 280 g/mol. The summed E-state index contributed by atoms with van der Waals surface area (Å²) >= 11 is 0. The van der Waals surface area contributed by atoms with Gasteiger partial charge in [0, 0.05) is 30.6 Å². The molecule has 0 amide bonds.